The highest BCUT2D eigenvalue weighted by Gasteiger charge is 2.22. The second kappa shape index (κ2) is 7.58. The lowest BCUT2D eigenvalue weighted by atomic mass is 10.00. The van der Waals surface area contributed by atoms with Crippen molar-refractivity contribution in [2.75, 3.05) is 18.4 Å². The molecular formula is C23H24FN3O. The molecule has 4 rings (SSSR count). The van der Waals surface area contributed by atoms with Crippen LogP contribution in [0.15, 0.2) is 42.6 Å². The number of benzene rings is 2. The summed E-state index contributed by atoms with van der Waals surface area (Å²) in [5.74, 6) is 0.289. The van der Waals surface area contributed by atoms with Crippen LogP contribution in [-0.4, -0.2) is 28.9 Å². The lowest BCUT2D eigenvalue weighted by Gasteiger charge is -2.27. The number of halogens is 1. The number of aryl methyl sites for hydroxylation is 2. The monoisotopic (exact) mass is 377 g/mol. The van der Waals surface area contributed by atoms with Crippen molar-refractivity contribution in [2.24, 2.45) is 0 Å². The molecule has 0 saturated carbocycles. The van der Waals surface area contributed by atoms with Crippen LogP contribution >= 0.6 is 0 Å². The van der Waals surface area contributed by atoms with Gasteiger partial charge in [-0.25, -0.2) is 9.37 Å². The minimum Gasteiger partial charge on any atom is -0.339 e. The highest BCUT2D eigenvalue weighted by atomic mass is 19.1. The van der Waals surface area contributed by atoms with Crippen molar-refractivity contribution in [1.82, 2.24) is 9.88 Å². The number of rotatable bonds is 3. The summed E-state index contributed by atoms with van der Waals surface area (Å²) >= 11 is 0. The molecule has 1 amide bonds. The summed E-state index contributed by atoms with van der Waals surface area (Å²) in [7, 11) is 0. The smallest absolute Gasteiger partial charge is 0.256 e. The Labute approximate surface area is 164 Å². The predicted octanol–water partition coefficient (Wildman–Crippen LogP) is 5.36. The zero-order valence-electron chi connectivity index (χ0n) is 16.3. The summed E-state index contributed by atoms with van der Waals surface area (Å²) < 4.78 is 14.5. The van der Waals surface area contributed by atoms with E-state index in [1.54, 1.807) is 25.3 Å². The van der Waals surface area contributed by atoms with Gasteiger partial charge in [-0.3, -0.25) is 4.79 Å². The van der Waals surface area contributed by atoms with Crippen molar-refractivity contribution in [2.45, 2.75) is 33.1 Å². The minimum absolute atomic E-state index is 0.0276. The predicted molar refractivity (Wildman–Crippen MR) is 111 cm³/mol. The molecule has 1 saturated heterocycles. The Morgan fingerprint density at radius 3 is 2.54 bits per heavy atom. The van der Waals surface area contributed by atoms with Crippen LogP contribution in [0.3, 0.4) is 0 Å². The molecule has 0 unspecified atom stereocenters. The average molecular weight is 377 g/mol. The number of hydrogen-bond donors (Lipinski definition) is 1. The lowest BCUT2D eigenvalue weighted by Crippen LogP contribution is -2.35. The quantitative estimate of drug-likeness (QED) is 0.668. The van der Waals surface area contributed by atoms with Gasteiger partial charge in [-0.05, 0) is 50.3 Å². The van der Waals surface area contributed by atoms with Crippen LogP contribution in [0.25, 0.3) is 10.8 Å². The first kappa shape index (κ1) is 18.4. The third-order valence-electron chi connectivity index (χ3n) is 5.44. The molecule has 1 aliphatic heterocycles. The van der Waals surface area contributed by atoms with E-state index in [1.807, 2.05) is 36.1 Å². The number of anilines is 2. The molecule has 0 radical (unpaired) electrons. The molecule has 3 aromatic rings. The normalized spacial score (nSPS) is 14.3. The largest absolute Gasteiger partial charge is 0.339 e. The number of carbonyl (C=O) groups is 1. The fourth-order valence-corrected chi connectivity index (χ4v) is 3.89. The average Bonchev–Trinajstić information content (AvgIpc) is 2.72. The second-order valence-corrected chi connectivity index (χ2v) is 7.43. The number of carbonyl (C=O) groups excluding carboxylic acids is 1. The topological polar surface area (TPSA) is 45.2 Å². The molecule has 1 aliphatic rings. The van der Waals surface area contributed by atoms with Crippen LogP contribution in [-0.2, 0) is 0 Å². The lowest BCUT2D eigenvalue weighted by molar-refractivity contribution is 0.0726. The Bertz CT molecular complexity index is 1040. The number of hydrogen-bond acceptors (Lipinski definition) is 3. The standard InChI is InChI=1S/C23H24FN3O/c1-15-8-6-10-17-20(15)18(23(28)27-12-4-3-5-13-27)14-25-22(17)26-19-11-7-9-16(2)21(19)24/h6-11,14H,3-5,12-13H2,1-2H3,(H,25,26). The van der Waals surface area contributed by atoms with Gasteiger partial charge in [0.1, 0.15) is 11.6 Å². The van der Waals surface area contributed by atoms with Gasteiger partial charge < -0.3 is 10.2 Å². The summed E-state index contributed by atoms with van der Waals surface area (Å²) in [6.45, 7) is 5.31. The second-order valence-electron chi connectivity index (χ2n) is 7.43. The molecule has 0 atom stereocenters. The number of nitrogens with zero attached hydrogens (tertiary/aromatic N) is 2. The van der Waals surface area contributed by atoms with Gasteiger partial charge in [-0.1, -0.05) is 30.3 Å². The van der Waals surface area contributed by atoms with E-state index < -0.39 is 0 Å². The van der Waals surface area contributed by atoms with Crippen molar-refractivity contribution < 1.29 is 9.18 Å². The molecule has 5 heteroatoms. The number of likely N-dealkylation sites (tertiary alicyclic amines) is 1. The Kier molecular flexibility index (Phi) is 4.99. The number of amides is 1. The van der Waals surface area contributed by atoms with E-state index in [2.05, 4.69) is 10.3 Å². The molecule has 144 valence electrons. The SMILES string of the molecule is Cc1cccc(Nc2ncc(C(=O)N3CCCCC3)c3c(C)cccc23)c1F. The van der Waals surface area contributed by atoms with Crippen LogP contribution in [0.2, 0.25) is 0 Å². The van der Waals surface area contributed by atoms with E-state index in [9.17, 15) is 9.18 Å². The molecule has 0 bridgehead atoms. The third kappa shape index (κ3) is 3.33. The maximum absolute atomic E-state index is 14.5. The number of aromatic nitrogens is 1. The fraction of sp³-hybridized carbons (Fsp3) is 0.304. The molecule has 2 heterocycles. The molecule has 1 fully saturated rings. The maximum Gasteiger partial charge on any atom is 0.256 e. The van der Waals surface area contributed by atoms with E-state index in [0.717, 1.165) is 42.3 Å². The summed E-state index contributed by atoms with van der Waals surface area (Å²) in [6.07, 6.45) is 4.89. The van der Waals surface area contributed by atoms with Crippen LogP contribution in [0, 0.1) is 19.7 Å². The summed E-state index contributed by atoms with van der Waals surface area (Å²) in [6, 6.07) is 11.1. The van der Waals surface area contributed by atoms with E-state index in [1.165, 1.54) is 6.42 Å². The van der Waals surface area contributed by atoms with E-state index in [-0.39, 0.29) is 11.7 Å². The number of piperidine rings is 1. The Morgan fingerprint density at radius 2 is 1.75 bits per heavy atom. The Morgan fingerprint density at radius 1 is 1.04 bits per heavy atom. The van der Waals surface area contributed by atoms with Gasteiger partial charge in [0.2, 0.25) is 0 Å². The van der Waals surface area contributed by atoms with E-state index in [0.29, 0.717) is 22.6 Å². The first-order valence-electron chi connectivity index (χ1n) is 9.76. The number of pyridine rings is 1. The van der Waals surface area contributed by atoms with E-state index >= 15 is 0 Å². The third-order valence-corrected chi connectivity index (χ3v) is 5.44. The van der Waals surface area contributed by atoms with Crippen molar-refractivity contribution in [3.8, 4) is 0 Å². The Balaban J connectivity index is 1.79. The maximum atomic E-state index is 14.5. The van der Waals surface area contributed by atoms with Crippen LogP contribution in [0.4, 0.5) is 15.9 Å². The Hall–Kier alpha value is -2.95. The molecular weight excluding hydrogens is 353 g/mol. The zero-order valence-corrected chi connectivity index (χ0v) is 16.3. The van der Waals surface area contributed by atoms with Gasteiger partial charge in [0.25, 0.3) is 5.91 Å². The van der Waals surface area contributed by atoms with Gasteiger partial charge in [-0.2, -0.15) is 0 Å². The number of fused-ring (bicyclic) bond motifs is 1. The van der Waals surface area contributed by atoms with Gasteiger partial charge in [0, 0.05) is 30.1 Å². The van der Waals surface area contributed by atoms with Gasteiger partial charge in [0.15, 0.2) is 0 Å². The molecule has 0 aliphatic carbocycles. The first-order valence-corrected chi connectivity index (χ1v) is 9.76. The van der Waals surface area contributed by atoms with Crippen molar-refractivity contribution in [3.63, 3.8) is 0 Å². The number of nitrogens with one attached hydrogen (secondary N) is 1. The van der Waals surface area contributed by atoms with E-state index in [4.69, 9.17) is 0 Å². The highest BCUT2D eigenvalue weighted by molar-refractivity contribution is 6.10. The molecule has 1 aromatic heterocycles. The van der Waals surface area contributed by atoms with Crippen LogP contribution in [0.1, 0.15) is 40.7 Å². The van der Waals surface area contributed by atoms with Gasteiger partial charge in [0.05, 0.1) is 11.3 Å². The molecule has 1 N–H and O–H groups in total. The van der Waals surface area contributed by atoms with Crippen molar-refractivity contribution in [1.29, 1.82) is 0 Å². The minimum atomic E-state index is -0.293. The highest BCUT2D eigenvalue weighted by Crippen LogP contribution is 2.31. The van der Waals surface area contributed by atoms with Crippen LogP contribution < -0.4 is 5.32 Å². The first-order chi connectivity index (χ1) is 13.6. The molecule has 4 nitrogen and oxygen atoms in total. The fourth-order valence-electron chi connectivity index (χ4n) is 3.89. The van der Waals surface area contributed by atoms with Gasteiger partial charge in [-0.15, -0.1) is 0 Å². The zero-order chi connectivity index (χ0) is 19.7. The summed E-state index contributed by atoms with van der Waals surface area (Å²) in [5.41, 5.74) is 2.58. The summed E-state index contributed by atoms with van der Waals surface area (Å²) in [4.78, 5) is 19.6. The molecule has 0 spiro atoms. The summed E-state index contributed by atoms with van der Waals surface area (Å²) in [5, 5.41) is 4.82. The molecule has 2 aromatic carbocycles. The van der Waals surface area contributed by atoms with Gasteiger partial charge >= 0.3 is 0 Å². The van der Waals surface area contributed by atoms with Crippen LogP contribution in [0.5, 0.6) is 0 Å². The molecule has 28 heavy (non-hydrogen) atoms. The van der Waals surface area contributed by atoms with Crippen molar-refractivity contribution in [3.05, 3.63) is 65.1 Å². The van der Waals surface area contributed by atoms with Crippen molar-refractivity contribution >= 4 is 28.2 Å².